The van der Waals surface area contributed by atoms with E-state index in [-0.39, 0.29) is 11.3 Å². The summed E-state index contributed by atoms with van der Waals surface area (Å²) in [6.07, 6.45) is 0. The maximum Gasteiger partial charge on any atom is 0.258 e. The number of halogens is 2. The Balaban J connectivity index is 2.32. The van der Waals surface area contributed by atoms with E-state index in [9.17, 15) is 13.6 Å². The number of hydrogen-bond acceptors (Lipinski definition) is 3. The lowest BCUT2D eigenvalue weighted by Gasteiger charge is -2.12. The van der Waals surface area contributed by atoms with E-state index in [4.69, 9.17) is 10.00 Å². The van der Waals surface area contributed by atoms with E-state index in [1.807, 2.05) is 6.07 Å². The van der Waals surface area contributed by atoms with E-state index in [0.717, 1.165) is 12.1 Å². The average molecular weight is 302 g/mol. The molecule has 0 saturated carbocycles. The number of carbonyl (C=O) groups excluding carboxylic acids is 1. The van der Waals surface area contributed by atoms with Crippen molar-refractivity contribution < 1.29 is 18.3 Å². The molecule has 2 aromatic rings. The maximum absolute atomic E-state index is 13.6. The van der Waals surface area contributed by atoms with Gasteiger partial charge in [-0.25, -0.2) is 8.78 Å². The number of anilines is 1. The molecule has 6 heteroatoms. The minimum Gasteiger partial charge on any atom is -0.492 e. The summed E-state index contributed by atoms with van der Waals surface area (Å²) in [5.41, 5.74) is 0.263. The lowest BCUT2D eigenvalue weighted by atomic mass is 10.1. The number of nitrogens with zero attached hydrogens (tertiary/aromatic N) is 1. The van der Waals surface area contributed by atoms with Crippen LogP contribution >= 0.6 is 0 Å². The molecule has 0 unspecified atom stereocenters. The highest BCUT2D eigenvalue weighted by atomic mass is 19.1. The molecular weight excluding hydrogens is 290 g/mol. The fraction of sp³-hybridized carbons (Fsp3) is 0.125. The molecule has 0 heterocycles. The molecule has 0 aromatic heterocycles. The highest BCUT2D eigenvalue weighted by molar-refractivity contribution is 6.05. The molecule has 0 atom stereocenters. The molecule has 2 rings (SSSR count). The van der Waals surface area contributed by atoms with Crippen molar-refractivity contribution in [3.63, 3.8) is 0 Å². The number of nitriles is 1. The van der Waals surface area contributed by atoms with E-state index in [2.05, 4.69) is 5.32 Å². The summed E-state index contributed by atoms with van der Waals surface area (Å²) in [4.78, 5) is 12.1. The van der Waals surface area contributed by atoms with Gasteiger partial charge in [0.1, 0.15) is 17.4 Å². The van der Waals surface area contributed by atoms with Crippen LogP contribution < -0.4 is 10.1 Å². The van der Waals surface area contributed by atoms with Crippen LogP contribution in [0.4, 0.5) is 14.5 Å². The van der Waals surface area contributed by atoms with Crippen LogP contribution in [0.5, 0.6) is 5.75 Å². The first kappa shape index (κ1) is 15.4. The zero-order chi connectivity index (χ0) is 16.1. The van der Waals surface area contributed by atoms with Gasteiger partial charge < -0.3 is 10.1 Å². The Bertz CT molecular complexity index is 754. The van der Waals surface area contributed by atoms with Gasteiger partial charge in [-0.05, 0) is 37.3 Å². The predicted molar refractivity (Wildman–Crippen MR) is 76.6 cm³/mol. The Morgan fingerprint density at radius 1 is 1.27 bits per heavy atom. The molecule has 1 N–H and O–H groups in total. The fourth-order valence-corrected chi connectivity index (χ4v) is 1.84. The lowest BCUT2D eigenvalue weighted by Crippen LogP contribution is -2.15. The van der Waals surface area contributed by atoms with Crippen LogP contribution in [0, 0.1) is 23.0 Å². The van der Waals surface area contributed by atoms with Crippen LogP contribution in [-0.2, 0) is 0 Å². The van der Waals surface area contributed by atoms with Crippen LogP contribution in [0.1, 0.15) is 22.8 Å². The average Bonchev–Trinajstić information content (AvgIpc) is 2.49. The second-order valence-corrected chi connectivity index (χ2v) is 4.33. The van der Waals surface area contributed by atoms with Gasteiger partial charge in [-0.15, -0.1) is 0 Å². The largest absolute Gasteiger partial charge is 0.492 e. The van der Waals surface area contributed by atoms with Gasteiger partial charge in [-0.3, -0.25) is 4.79 Å². The molecule has 0 aliphatic rings. The lowest BCUT2D eigenvalue weighted by molar-refractivity contribution is 0.102. The van der Waals surface area contributed by atoms with Gasteiger partial charge in [0.2, 0.25) is 0 Å². The van der Waals surface area contributed by atoms with Gasteiger partial charge in [-0.2, -0.15) is 5.26 Å². The predicted octanol–water partition coefficient (Wildman–Crippen LogP) is 3.49. The fourth-order valence-electron chi connectivity index (χ4n) is 1.84. The molecule has 112 valence electrons. The number of amides is 1. The van der Waals surface area contributed by atoms with Crippen LogP contribution in [0.25, 0.3) is 0 Å². The van der Waals surface area contributed by atoms with Gasteiger partial charge in [0.15, 0.2) is 0 Å². The Morgan fingerprint density at radius 2 is 2.05 bits per heavy atom. The van der Waals surface area contributed by atoms with Gasteiger partial charge in [0, 0.05) is 6.07 Å². The van der Waals surface area contributed by atoms with E-state index in [1.165, 1.54) is 6.07 Å². The molecular formula is C16H12F2N2O2. The molecule has 0 fully saturated rings. The topological polar surface area (TPSA) is 62.1 Å². The SMILES string of the molecule is CCOc1ccc(C#N)cc1NC(=O)c1ccc(F)cc1F. The summed E-state index contributed by atoms with van der Waals surface area (Å²) in [6, 6.07) is 9.11. The molecule has 22 heavy (non-hydrogen) atoms. The summed E-state index contributed by atoms with van der Waals surface area (Å²) in [5, 5.41) is 11.4. The van der Waals surface area contributed by atoms with Crippen molar-refractivity contribution >= 4 is 11.6 Å². The third-order valence-electron chi connectivity index (χ3n) is 2.83. The number of carbonyl (C=O) groups is 1. The van der Waals surface area contributed by atoms with Crippen LogP contribution in [0.3, 0.4) is 0 Å². The molecule has 4 nitrogen and oxygen atoms in total. The van der Waals surface area contributed by atoms with E-state index < -0.39 is 17.5 Å². The van der Waals surface area contributed by atoms with E-state index in [1.54, 1.807) is 19.1 Å². The molecule has 0 spiro atoms. The van der Waals surface area contributed by atoms with E-state index in [0.29, 0.717) is 24.0 Å². The summed E-state index contributed by atoms with van der Waals surface area (Å²) in [5.74, 6) is -2.13. The molecule has 2 aromatic carbocycles. The summed E-state index contributed by atoms with van der Waals surface area (Å²) >= 11 is 0. The highest BCUT2D eigenvalue weighted by Gasteiger charge is 2.15. The van der Waals surface area contributed by atoms with Crippen molar-refractivity contribution in [3.8, 4) is 11.8 Å². The van der Waals surface area contributed by atoms with E-state index >= 15 is 0 Å². The Labute approximate surface area is 125 Å². The first-order valence-corrected chi connectivity index (χ1v) is 6.48. The van der Waals surface area contributed by atoms with Crippen molar-refractivity contribution in [2.75, 3.05) is 11.9 Å². The van der Waals surface area contributed by atoms with Crippen LogP contribution in [0.15, 0.2) is 36.4 Å². The number of nitrogens with one attached hydrogen (secondary N) is 1. The van der Waals surface area contributed by atoms with Crippen molar-refractivity contribution in [1.82, 2.24) is 0 Å². The second-order valence-electron chi connectivity index (χ2n) is 4.33. The summed E-state index contributed by atoms with van der Waals surface area (Å²) in [6.45, 7) is 2.13. The summed E-state index contributed by atoms with van der Waals surface area (Å²) in [7, 11) is 0. The number of hydrogen-bond donors (Lipinski definition) is 1. The smallest absolute Gasteiger partial charge is 0.258 e. The quantitative estimate of drug-likeness (QED) is 0.940. The molecule has 0 aliphatic heterocycles. The Kier molecular flexibility index (Phi) is 4.69. The molecule has 1 amide bonds. The van der Waals surface area contributed by atoms with Gasteiger partial charge >= 0.3 is 0 Å². The third-order valence-corrected chi connectivity index (χ3v) is 2.83. The Hall–Kier alpha value is -2.94. The van der Waals surface area contributed by atoms with Gasteiger partial charge in [0.05, 0.1) is 29.5 Å². The zero-order valence-electron chi connectivity index (χ0n) is 11.7. The minimum absolute atomic E-state index is 0.245. The first-order chi connectivity index (χ1) is 10.5. The molecule has 0 radical (unpaired) electrons. The molecule has 0 bridgehead atoms. The number of ether oxygens (including phenoxy) is 1. The van der Waals surface area contributed by atoms with Crippen LogP contribution in [0.2, 0.25) is 0 Å². The normalized spacial score (nSPS) is 9.91. The number of rotatable bonds is 4. The third kappa shape index (κ3) is 3.38. The minimum atomic E-state index is -0.966. The van der Waals surface area contributed by atoms with Crippen molar-refractivity contribution in [2.45, 2.75) is 6.92 Å². The zero-order valence-corrected chi connectivity index (χ0v) is 11.7. The maximum atomic E-state index is 13.6. The van der Waals surface area contributed by atoms with Crippen LogP contribution in [-0.4, -0.2) is 12.5 Å². The van der Waals surface area contributed by atoms with Gasteiger partial charge in [-0.1, -0.05) is 0 Å². The number of benzene rings is 2. The highest BCUT2D eigenvalue weighted by Crippen LogP contribution is 2.26. The van der Waals surface area contributed by atoms with Crippen molar-refractivity contribution in [2.24, 2.45) is 0 Å². The first-order valence-electron chi connectivity index (χ1n) is 6.48. The van der Waals surface area contributed by atoms with Gasteiger partial charge in [0.25, 0.3) is 5.91 Å². The molecule has 0 aliphatic carbocycles. The Morgan fingerprint density at radius 3 is 2.68 bits per heavy atom. The van der Waals surface area contributed by atoms with Crippen molar-refractivity contribution in [3.05, 3.63) is 59.2 Å². The van der Waals surface area contributed by atoms with Crippen molar-refractivity contribution in [1.29, 1.82) is 5.26 Å². The molecule has 0 saturated heterocycles. The summed E-state index contributed by atoms with van der Waals surface area (Å²) < 4.78 is 31.8. The standard InChI is InChI=1S/C16H12F2N2O2/c1-2-22-15-6-3-10(9-19)7-14(15)20-16(21)12-5-4-11(17)8-13(12)18/h3-8H,2H2,1H3,(H,20,21). The monoisotopic (exact) mass is 302 g/mol. The second kappa shape index (κ2) is 6.68.